The molecule has 1 aromatic heterocycles. The molecule has 2 aliphatic rings. The fourth-order valence-electron chi connectivity index (χ4n) is 4.17. The highest BCUT2D eigenvalue weighted by atomic mass is 32.2. The van der Waals surface area contributed by atoms with Gasteiger partial charge in [0.05, 0.1) is 30.8 Å². The zero-order valence-corrected chi connectivity index (χ0v) is 20.5. The van der Waals surface area contributed by atoms with Crippen molar-refractivity contribution in [3.8, 4) is 0 Å². The van der Waals surface area contributed by atoms with Crippen molar-refractivity contribution in [3.63, 3.8) is 0 Å². The van der Waals surface area contributed by atoms with Crippen molar-refractivity contribution < 1.29 is 22.7 Å². The standard InChI is InChI=1S/C23H31N3O5S2/c1-18-6-7-19(14-22(18)33(28,29)26-8-11-30-12-9-26)24-23(27)17-25(15-20-4-2-10-31-20)16-21-5-3-13-32-21/h3,5-7,13-14,20H,2,4,8-12,15-17H2,1H3,(H,24,27)/t20-/m0/s1. The van der Waals surface area contributed by atoms with Crippen LogP contribution in [0, 0.1) is 6.92 Å². The zero-order chi connectivity index (χ0) is 23.3. The van der Waals surface area contributed by atoms with Gasteiger partial charge in [-0.3, -0.25) is 9.69 Å². The number of amides is 1. The molecule has 10 heteroatoms. The Morgan fingerprint density at radius 3 is 2.76 bits per heavy atom. The summed E-state index contributed by atoms with van der Waals surface area (Å²) < 4.78 is 38.8. The molecule has 33 heavy (non-hydrogen) atoms. The maximum Gasteiger partial charge on any atom is 0.243 e. The van der Waals surface area contributed by atoms with Gasteiger partial charge >= 0.3 is 0 Å². The van der Waals surface area contributed by atoms with Gasteiger partial charge in [0, 0.05) is 43.4 Å². The maximum absolute atomic E-state index is 13.1. The number of morpholine rings is 1. The second-order valence-corrected chi connectivity index (χ2v) is 11.4. The number of benzene rings is 1. The Bertz CT molecular complexity index is 1030. The molecule has 1 N–H and O–H groups in total. The highest BCUT2D eigenvalue weighted by Crippen LogP contribution is 2.25. The average Bonchev–Trinajstić information content (AvgIpc) is 3.50. The predicted octanol–water partition coefficient (Wildman–Crippen LogP) is 2.70. The fraction of sp³-hybridized carbons (Fsp3) is 0.522. The van der Waals surface area contributed by atoms with E-state index in [-0.39, 0.29) is 23.5 Å². The number of carbonyl (C=O) groups excluding carboxylic acids is 1. The van der Waals surface area contributed by atoms with Gasteiger partial charge in [0.2, 0.25) is 15.9 Å². The van der Waals surface area contributed by atoms with Gasteiger partial charge in [-0.2, -0.15) is 4.31 Å². The Morgan fingerprint density at radius 2 is 2.06 bits per heavy atom. The van der Waals surface area contributed by atoms with Gasteiger partial charge in [0.15, 0.2) is 0 Å². The van der Waals surface area contributed by atoms with Gasteiger partial charge in [-0.15, -0.1) is 11.3 Å². The summed E-state index contributed by atoms with van der Waals surface area (Å²) in [5, 5.41) is 4.92. The van der Waals surface area contributed by atoms with E-state index in [4.69, 9.17) is 9.47 Å². The third-order valence-corrected chi connectivity index (χ3v) is 8.77. The molecule has 0 bridgehead atoms. The molecule has 0 unspecified atom stereocenters. The summed E-state index contributed by atoms with van der Waals surface area (Å²) in [5.41, 5.74) is 1.13. The highest BCUT2D eigenvalue weighted by molar-refractivity contribution is 7.89. The number of aryl methyl sites for hydroxylation is 1. The molecule has 0 radical (unpaired) electrons. The Labute approximate surface area is 199 Å². The molecule has 3 heterocycles. The van der Waals surface area contributed by atoms with Gasteiger partial charge in [0.1, 0.15) is 0 Å². The zero-order valence-electron chi connectivity index (χ0n) is 18.9. The van der Waals surface area contributed by atoms with E-state index < -0.39 is 10.0 Å². The second kappa shape index (κ2) is 11.1. The number of nitrogens with zero attached hydrogens (tertiary/aromatic N) is 2. The van der Waals surface area contributed by atoms with Crippen LogP contribution in [0.1, 0.15) is 23.3 Å². The minimum atomic E-state index is -3.65. The Kier molecular flexibility index (Phi) is 8.15. The van der Waals surface area contributed by atoms with E-state index >= 15 is 0 Å². The lowest BCUT2D eigenvalue weighted by Gasteiger charge is -2.27. The highest BCUT2D eigenvalue weighted by Gasteiger charge is 2.28. The number of anilines is 1. The van der Waals surface area contributed by atoms with Crippen molar-refractivity contribution in [3.05, 3.63) is 46.2 Å². The van der Waals surface area contributed by atoms with Crippen molar-refractivity contribution in [2.75, 3.05) is 51.3 Å². The number of sulfonamides is 1. The van der Waals surface area contributed by atoms with Crippen LogP contribution in [0.4, 0.5) is 5.69 Å². The SMILES string of the molecule is Cc1ccc(NC(=O)CN(Cc2cccs2)C[C@@H]2CCCO2)cc1S(=O)(=O)N1CCOCC1. The lowest BCUT2D eigenvalue weighted by Crippen LogP contribution is -2.40. The van der Waals surface area contributed by atoms with Crippen molar-refractivity contribution in [2.24, 2.45) is 0 Å². The molecule has 2 aromatic rings. The number of hydrogen-bond donors (Lipinski definition) is 1. The summed E-state index contributed by atoms with van der Waals surface area (Å²) in [6.45, 7) is 5.55. The minimum absolute atomic E-state index is 0.141. The first-order valence-electron chi connectivity index (χ1n) is 11.3. The van der Waals surface area contributed by atoms with Crippen LogP contribution >= 0.6 is 11.3 Å². The monoisotopic (exact) mass is 493 g/mol. The average molecular weight is 494 g/mol. The number of ether oxygens (including phenoxy) is 2. The number of thiophene rings is 1. The maximum atomic E-state index is 13.1. The largest absolute Gasteiger partial charge is 0.379 e. The molecule has 2 fully saturated rings. The molecule has 1 atom stereocenters. The fourth-order valence-corrected chi connectivity index (χ4v) is 6.57. The number of carbonyl (C=O) groups is 1. The van der Waals surface area contributed by atoms with Crippen LogP contribution < -0.4 is 5.32 Å². The molecule has 8 nitrogen and oxygen atoms in total. The second-order valence-electron chi connectivity index (χ2n) is 8.43. The van der Waals surface area contributed by atoms with Crippen molar-refractivity contribution in [1.82, 2.24) is 9.21 Å². The van der Waals surface area contributed by atoms with Crippen molar-refractivity contribution in [2.45, 2.75) is 37.3 Å². The molecule has 2 saturated heterocycles. The summed E-state index contributed by atoms with van der Waals surface area (Å²) in [6, 6.07) is 9.11. The first kappa shape index (κ1) is 24.3. The normalized spacial score (nSPS) is 19.8. The van der Waals surface area contributed by atoms with Crippen LogP contribution in [0.25, 0.3) is 0 Å². The van der Waals surface area contributed by atoms with Gasteiger partial charge in [-0.05, 0) is 48.9 Å². The summed E-state index contributed by atoms with van der Waals surface area (Å²) >= 11 is 1.67. The smallest absolute Gasteiger partial charge is 0.243 e. The van der Waals surface area contributed by atoms with Crippen LogP contribution in [0.2, 0.25) is 0 Å². The summed E-state index contributed by atoms with van der Waals surface area (Å²) in [4.78, 5) is 16.4. The Balaban J connectivity index is 1.44. The molecule has 0 saturated carbocycles. The third-order valence-electron chi connectivity index (χ3n) is 5.87. The van der Waals surface area contributed by atoms with Gasteiger partial charge in [-0.25, -0.2) is 8.42 Å². The minimum Gasteiger partial charge on any atom is -0.379 e. The lowest BCUT2D eigenvalue weighted by atomic mass is 10.2. The number of nitrogens with one attached hydrogen (secondary N) is 1. The van der Waals surface area contributed by atoms with E-state index in [1.165, 1.54) is 9.18 Å². The molecule has 0 aliphatic carbocycles. The molecule has 2 aliphatic heterocycles. The Morgan fingerprint density at radius 1 is 1.24 bits per heavy atom. The number of rotatable bonds is 9. The third kappa shape index (κ3) is 6.40. The molecular weight excluding hydrogens is 462 g/mol. The summed E-state index contributed by atoms with van der Waals surface area (Å²) in [5.74, 6) is -0.178. The quantitative estimate of drug-likeness (QED) is 0.578. The van der Waals surface area contributed by atoms with Crippen LogP contribution in [0.15, 0.2) is 40.6 Å². The van der Waals surface area contributed by atoms with Gasteiger partial charge < -0.3 is 14.8 Å². The van der Waals surface area contributed by atoms with Crippen LogP contribution in [-0.4, -0.2) is 75.6 Å². The van der Waals surface area contributed by atoms with E-state index in [1.54, 1.807) is 36.5 Å². The topological polar surface area (TPSA) is 88.2 Å². The molecular formula is C23H31N3O5S2. The van der Waals surface area contributed by atoms with Crippen LogP contribution in [-0.2, 0) is 30.8 Å². The summed E-state index contributed by atoms with van der Waals surface area (Å²) in [6.07, 6.45) is 2.19. The van der Waals surface area contributed by atoms with E-state index in [2.05, 4.69) is 16.3 Å². The van der Waals surface area contributed by atoms with Gasteiger partial charge in [-0.1, -0.05) is 12.1 Å². The summed E-state index contributed by atoms with van der Waals surface area (Å²) in [7, 11) is -3.65. The van der Waals surface area contributed by atoms with Crippen LogP contribution in [0.3, 0.4) is 0 Å². The molecule has 180 valence electrons. The van der Waals surface area contributed by atoms with Crippen molar-refractivity contribution in [1.29, 1.82) is 0 Å². The predicted molar refractivity (Wildman–Crippen MR) is 128 cm³/mol. The molecule has 4 rings (SSSR count). The van der Waals surface area contributed by atoms with Crippen molar-refractivity contribution >= 4 is 33.0 Å². The first-order chi connectivity index (χ1) is 15.9. The van der Waals surface area contributed by atoms with E-state index in [9.17, 15) is 13.2 Å². The van der Waals surface area contributed by atoms with Gasteiger partial charge in [0.25, 0.3) is 0 Å². The number of hydrogen-bond acceptors (Lipinski definition) is 7. The van der Waals surface area contributed by atoms with E-state index in [0.29, 0.717) is 50.6 Å². The first-order valence-corrected chi connectivity index (χ1v) is 13.6. The Hall–Kier alpha value is -1.82. The van der Waals surface area contributed by atoms with Crippen LogP contribution in [0.5, 0.6) is 0 Å². The van der Waals surface area contributed by atoms with E-state index in [0.717, 1.165) is 19.4 Å². The molecule has 0 spiro atoms. The molecule has 1 amide bonds. The molecule has 1 aromatic carbocycles. The van der Waals surface area contributed by atoms with E-state index in [1.807, 2.05) is 11.4 Å². The lowest BCUT2D eigenvalue weighted by molar-refractivity contribution is -0.117.